The predicted octanol–water partition coefficient (Wildman–Crippen LogP) is 3.85. The van der Waals surface area contributed by atoms with Gasteiger partial charge in [-0.2, -0.15) is 13.2 Å². The van der Waals surface area contributed by atoms with Crippen LogP contribution < -0.4 is 11.1 Å². The Morgan fingerprint density at radius 2 is 2.10 bits per heavy atom. The standard InChI is InChI=1S/C12H10F3N3S2/c1-6-5-20-11(17-6)18-7-2-3-8(10(16)19)9(4-7)12(13,14)15/h2-5H,1H3,(H2,16,19)(H,17,18). The number of hydrogen-bond donors (Lipinski definition) is 2. The van der Waals surface area contributed by atoms with Crippen LogP contribution in [0.3, 0.4) is 0 Å². The predicted molar refractivity (Wildman–Crippen MR) is 77.5 cm³/mol. The maximum Gasteiger partial charge on any atom is 0.417 e. The first-order valence-electron chi connectivity index (χ1n) is 5.47. The van der Waals surface area contributed by atoms with Crippen molar-refractivity contribution in [2.45, 2.75) is 13.1 Å². The minimum absolute atomic E-state index is 0.187. The maximum absolute atomic E-state index is 13.0. The van der Waals surface area contributed by atoms with Gasteiger partial charge in [-0.05, 0) is 25.1 Å². The Labute approximate surface area is 122 Å². The maximum atomic E-state index is 13.0. The molecule has 0 spiro atoms. The second kappa shape index (κ2) is 5.37. The summed E-state index contributed by atoms with van der Waals surface area (Å²) in [7, 11) is 0. The zero-order valence-electron chi connectivity index (χ0n) is 10.3. The van der Waals surface area contributed by atoms with Crippen molar-refractivity contribution in [1.82, 2.24) is 4.98 Å². The number of halogens is 3. The summed E-state index contributed by atoms with van der Waals surface area (Å²) in [4.78, 5) is 3.85. The van der Waals surface area contributed by atoms with Gasteiger partial charge in [0, 0.05) is 16.6 Å². The number of hydrogen-bond acceptors (Lipinski definition) is 4. The van der Waals surface area contributed by atoms with Crippen LogP contribution in [-0.4, -0.2) is 9.97 Å². The van der Waals surface area contributed by atoms with E-state index in [1.807, 2.05) is 0 Å². The van der Waals surface area contributed by atoms with Crippen LogP contribution in [0, 0.1) is 6.92 Å². The lowest BCUT2D eigenvalue weighted by Crippen LogP contribution is -2.18. The van der Waals surface area contributed by atoms with Crippen molar-refractivity contribution in [3.8, 4) is 0 Å². The highest BCUT2D eigenvalue weighted by Gasteiger charge is 2.34. The fraction of sp³-hybridized carbons (Fsp3) is 0.167. The third kappa shape index (κ3) is 3.26. The average Bonchev–Trinajstić information content (AvgIpc) is 2.73. The van der Waals surface area contributed by atoms with Gasteiger partial charge in [-0.15, -0.1) is 11.3 Å². The van der Waals surface area contributed by atoms with Crippen LogP contribution in [0.4, 0.5) is 24.0 Å². The quantitative estimate of drug-likeness (QED) is 0.844. The topological polar surface area (TPSA) is 50.9 Å². The van der Waals surface area contributed by atoms with E-state index < -0.39 is 11.7 Å². The van der Waals surface area contributed by atoms with E-state index in [2.05, 4.69) is 22.5 Å². The molecule has 0 fully saturated rings. The number of alkyl halides is 3. The normalized spacial score (nSPS) is 11.4. The van der Waals surface area contributed by atoms with Crippen molar-refractivity contribution in [1.29, 1.82) is 0 Å². The molecule has 20 heavy (non-hydrogen) atoms. The second-order valence-electron chi connectivity index (χ2n) is 4.04. The molecule has 0 aliphatic rings. The lowest BCUT2D eigenvalue weighted by Gasteiger charge is -2.14. The van der Waals surface area contributed by atoms with Crippen LogP contribution >= 0.6 is 23.6 Å². The minimum atomic E-state index is -4.52. The molecule has 2 rings (SSSR count). The summed E-state index contributed by atoms with van der Waals surface area (Å²) in [5.41, 5.74) is 5.36. The van der Waals surface area contributed by atoms with Gasteiger partial charge in [-0.3, -0.25) is 0 Å². The van der Waals surface area contributed by atoms with E-state index in [4.69, 9.17) is 5.73 Å². The highest BCUT2D eigenvalue weighted by atomic mass is 32.1. The molecule has 3 N–H and O–H groups in total. The molecule has 0 radical (unpaired) electrons. The average molecular weight is 317 g/mol. The summed E-state index contributed by atoms with van der Waals surface area (Å²) in [5.74, 6) is 0. The van der Waals surface area contributed by atoms with Crippen LogP contribution in [0.15, 0.2) is 23.6 Å². The van der Waals surface area contributed by atoms with Gasteiger partial charge in [0.15, 0.2) is 5.13 Å². The van der Waals surface area contributed by atoms with Gasteiger partial charge >= 0.3 is 6.18 Å². The number of aromatic nitrogens is 1. The zero-order chi connectivity index (χ0) is 14.9. The fourth-order valence-electron chi connectivity index (χ4n) is 1.61. The smallest absolute Gasteiger partial charge is 0.389 e. The molecule has 3 nitrogen and oxygen atoms in total. The van der Waals surface area contributed by atoms with Crippen molar-refractivity contribution in [3.63, 3.8) is 0 Å². The highest BCUT2D eigenvalue weighted by Crippen LogP contribution is 2.34. The van der Waals surface area contributed by atoms with E-state index in [9.17, 15) is 13.2 Å². The molecule has 8 heteroatoms. The monoisotopic (exact) mass is 317 g/mol. The van der Waals surface area contributed by atoms with Crippen LogP contribution in [0.25, 0.3) is 0 Å². The third-order valence-corrected chi connectivity index (χ3v) is 3.56. The number of aryl methyl sites for hydroxylation is 1. The van der Waals surface area contributed by atoms with Gasteiger partial charge in [0.2, 0.25) is 0 Å². The Balaban J connectivity index is 2.39. The molecule has 0 bridgehead atoms. The Morgan fingerprint density at radius 3 is 2.60 bits per heavy atom. The zero-order valence-corrected chi connectivity index (χ0v) is 11.9. The van der Waals surface area contributed by atoms with Crippen LogP contribution in [0.1, 0.15) is 16.8 Å². The number of thiazole rings is 1. The molecule has 1 aromatic carbocycles. The summed E-state index contributed by atoms with van der Waals surface area (Å²) in [6.45, 7) is 1.80. The Kier molecular flexibility index (Phi) is 3.96. The van der Waals surface area contributed by atoms with Gasteiger partial charge in [-0.1, -0.05) is 12.2 Å². The third-order valence-electron chi connectivity index (χ3n) is 2.46. The number of benzene rings is 1. The minimum Gasteiger partial charge on any atom is -0.389 e. The molecular formula is C12H10F3N3S2. The first kappa shape index (κ1) is 14.7. The molecule has 1 heterocycles. The van der Waals surface area contributed by atoms with Gasteiger partial charge < -0.3 is 11.1 Å². The highest BCUT2D eigenvalue weighted by molar-refractivity contribution is 7.80. The van der Waals surface area contributed by atoms with E-state index in [1.165, 1.54) is 23.5 Å². The molecule has 0 atom stereocenters. The van der Waals surface area contributed by atoms with Crippen molar-refractivity contribution >= 4 is 39.4 Å². The summed E-state index contributed by atoms with van der Waals surface area (Å²) in [5, 5.41) is 5.16. The van der Waals surface area contributed by atoms with E-state index in [1.54, 1.807) is 12.3 Å². The molecule has 0 unspecified atom stereocenters. The molecule has 1 aromatic heterocycles. The Bertz CT molecular complexity index is 650. The summed E-state index contributed by atoms with van der Waals surface area (Å²) in [6.07, 6.45) is -4.52. The number of nitrogens with two attached hydrogens (primary N) is 1. The van der Waals surface area contributed by atoms with Crippen LogP contribution in [-0.2, 0) is 6.18 Å². The van der Waals surface area contributed by atoms with E-state index in [0.717, 1.165) is 11.8 Å². The second-order valence-corrected chi connectivity index (χ2v) is 5.34. The molecule has 0 amide bonds. The number of rotatable bonds is 3. The summed E-state index contributed by atoms with van der Waals surface area (Å²) >= 11 is 5.96. The van der Waals surface area contributed by atoms with Crippen LogP contribution in [0.2, 0.25) is 0 Å². The van der Waals surface area contributed by atoms with Crippen molar-refractivity contribution < 1.29 is 13.2 Å². The van der Waals surface area contributed by atoms with E-state index in [0.29, 0.717) is 5.13 Å². The van der Waals surface area contributed by atoms with Gasteiger partial charge in [0.1, 0.15) is 4.99 Å². The lowest BCUT2D eigenvalue weighted by molar-refractivity contribution is -0.137. The Hall–Kier alpha value is -1.67. The summed E-state index contributed by atoms with van der Waals surface area (Å²) < 4.78 is 38.9. The Morgan fingerprint density at radius 1 is 1.40 bits per heavy atom. The molecule has 0 aliphatic carbocycles. The largest absolute Gasteiger partial charge is 0.417 e. The van der Waals surface area contributed by atoms with Crippen LogP contribution in [0.5, 0.6) is 0 Å². The van der Waals surface area contributed by atoms with Gasteiger partial charge in [0.05, 0.1) is 11.3 Å². The fourth-order valence-corrected chi connectivity index (χ4v) is 2.49. The molecule has 2 aromatic rings. The first-order valence-corrected chi connectivity index (χ1v) is 6.76. The number of nitrogens with one attached hydrogen (secondary N) is 1. The molecule has 0 saturated heterocycles. The van der Waals surface area contributed by atoms with Crippen molar-refractivity contribution in [2.75, 3.05) is 5.32 Å². The SMILES string of the molecule is Cc1csc(Nc2ccc(C(N)=S)c(C(F)(F)F)c2)n1. The first-order chi connectivity index (χ1) is 9.27. The van der Waals surface area contributed by atoms with Crippen molar-refractivity contribution in [3.05, 3.63) is 40.4 Å². The molecule has 106 valence electrons. The van der Waals surface area contributed by atoms with Gasteiger partial charge in [-0.25, -0.2) is 4.98 Å². The molecule has 0 saturated carbocycles. The van der Waals surface area contributed by atoms with E-state index in [-0.39, 0.29) is 16.2 Å². The van der Waals surface area contributed by atoms with Gasteiger partial charge in [0.25, 0.3) is 0 Å². The number of nitrogens with zero attached hydrogens (tertiary/aromatic N) is 1. The number of thiocarbonyl (C=S) groups is 1. The molecular weight excluding hydrogens is 307 g/mol. The molecule has 0 aliphatic heterocycles. The lowest BCUT2D eigenvalue weighted by atomic mass is 10.1. The summed E-state index contributed by atoms with van der Waals surface area (Å²) in [6, 6.07) is 3.72. The number of anilines is 2. The van der Waals surface area contributed by atoms with Crippen molar-refractivity contribution in [2.24, 2.45) is 5.73 Å². The van der Waals surface area contributed by atoms with E-state index >= 15 is 0 Å².